The van der Waals surface area contributed by atoms with Crippen molar-refractivity contribution < 1.29 is 9.59 Å². The first-order chi connectivity index (χ1) is 13.0. The van der Waals surface area contributed by atoms with Crippen molar-refractivity contribution in [1.29, 1.82) is 0 Å². The fourth-order valence-corrected chi connectivity index (χ4v) is 3.55. The van der Waals surface area contributed by atoms with Gasteiger partial charge in [0.25, 0.3) is 0 Å². The van der Waals surface area contributed by atoms with Crippen LogP contribution < -0.4 is 16.8 Å². The lowest BCUT2D eigenvalue weighted by molar-refractivity contribution is -0.132. The van der Waals surface area contributed by atoms with E-state index in [-0.39, 0.29) is 5.91 Å². The minimum Gasteiger partial charge on any atom is -0.368 e. The number of nitrogens with one attached hydrogen (secondary N) is 1. The van der Waals surface area contributed by atoms with E-state index in [2.05, 4.69) is 12.2 Å². The molecule has 0 aliphatic heterocycles. The van der Waals surface area contributed by atoms with Crippen molar-refractivity contribution in [1.82, 2.24) is 5.32 Å². The first kappa shape index (κ1) is 25.9. The predicted octanol–water partition coefficient (Wildman–Crippen LogP) is 4.57. The highest BCUT2D eigenvalue weighted by molar-refractivity contribution is 5.90. The number of hydrogen-bond acceptors (Lipinski definition) is 3. The van der Waals surface area contributed by atoms with Gasteiger partial charge < -0.3 is 16.8 Å². The molecular weight excluding hydrogens is 338 g/mol. The lowest BCUT2D eigenvalue weighted by Crippen LogP contribution is -2.57. The Hall–Kier alpha value is -1.10. The van der Waals surface area contributed by atoms with Gasteiger partial charge >= 0.3 is 0 Å². The van der Waals surface area contributed by atoms with Gasteiger partial charge in [-0.2, -0.15) is 0 Å². The third-order valence-corrected chi connectivity index (χ3v) is 5.52. The van der Waals surface area contributed by atoms with Gasteiger partial charge in [-0.25, -0.2) is 0 Å². The van der Waals surface area contributed by atoms with Gasteiger partial charge in [0.15, 0.2) is 0 Å². The summed E-state index contributed by atoms with van der Waals surface area (Å²) >= 11 is 0. The normalized spacial score (nSPS) is 13.3. The maximum absolute atomic E-state index is 12.0. The van der Waals surface area contributed by atoms with E-state index in [1.165, 1.54) is 64.2 Å². The lowest BCUT2D eigenvalue weighted by Gasteiger charge is -2.30. The standard InChI is InChI=1S/C22H45N3O2/c1-3-5-6-7-8-9-10-11-12-13-14-15-18-22(4-2,21(24)27)25-20(26)17-16-19-23/h3-19,23H2,1-2H3,(H2,24,27)(H,25,26). The summed E-state index contributed by atoms with van der Waals surface area (Å²) in [5.41, 5.74) is 10.2. The Balaban J connectivity index is 3.91. The third kappa shape index (κ3) is 12.8. The number of primary amides is 1. The summed E-state index contributed by atoms with van der Waals surface area (Å²) in [5, 5.41) is 2.89. The molecule has 0 saturated heterocycles. The molecule has 0 aromatic rings. The van der Waals surface area contributed by atoms with Crippen molar-refractivity contribution in [3.05, 3.63) is 0 Å². The van der Waals surface area contributed by atoms with Crippen molar-refractivity contribution in [3.63, 3.8) is 0 Å². The summed E-state index contributed by atoms with van der Waals surface area (Å²) in [5.74, 6) is -0.547. The molecule has 0 aliphatic rings. The highest BCUT2D eigenvalue weighted by atomic mass is 16.2. The quantitative estimate of drug-likeness (QED) is 0.285. The van der Waals surface area contributed by atoms with Crippen LogP contribution in [0.15, 0.2) is 0 Å². The molecule has 27 heavy (non-hydrogen) atoms. The minimum absolute atomic E-state index is 0.125. The van der Waals surface area contributed by atoms with E-state index in [1.807, 2.05) is 6.92 Å². The summed E-state index contributed by atoms with van der Waals surface area (Å²) in [4.78, 5) is 24.0. The summed E-state index contributed by atoms with van der Waals surface area (Å²) in [6.07, 6.45) is 17.4. The highest BCUT2D eigenvalue weighted by Gasteiger charge is 2.35. The molecule has 0 spiro atoms. The summed E-state index contributed by atoms with van der Waals surface area (Å²) in [7, 11) is 0. The highest BCUT2D eigenvalue weighted by Crippen LogP contribution is 2.21. The van der Waals surface area contributed by atoms with Crippen LogP contribution in [-0.4, -0.2) is 23.9 Å². The van der Waals surface area contributed by atoms with Gasteiger partial charge in [-0.3, -0.25) is 9.59 Å². The zero-order valence-corrected chi connectivity index (χ0v) is 18.0. The smallest absolute Gasteiger partial charge is 0.243 e. The molecule has 1 unspecified atom stereocenters. The summed E-state index contributed by atoms with van der Waals surface area (Å²) in [6, 6.07) is 0. The Kier molecular flexibility index (Phi) is 16.3. The number of rotatable bonds is 19. The van der Waals surface area contributed by atoms with Gasteiger partial charge in [0.1, 0.15) is 5.54 Å². The van der Waals surface area contributed by atoms with E-state index in [9.17, 15) is 9.59 Å². The monoisotopic (exact) mass is 383 g/mol. The van der Waals surface area contributed by atoms with Crippen LogP contribution in [0.25, 0.3) is 0 Å². The SMILES string of the molecule is CCCCCCCCCCCCCCC(CC)(NC(=O)CCCN)C(N)=O. The second-order valence-corrected chi connectivity index (χ2v) is 7.88. The molecule has 0 bridgehead atoms. The van der Waals surface area contributed by atoms with Crippen LogP contribution in [0.3, 0.4) is 0 Å². The van der Waals surface area contributed by atoms with E-state index in [0.717, 1.165) is 12.8 Å². The Morgan fingerprint density at radius 2 is 1.26 bits per heavy atom. The zero-order valence-electron chi connectivity index (χ0n) is 18.0. The molecule has 1 atom stereocenters. The van der Waals surface area contributed by atoms with Crippen molar-refractivity contribution >= 4 is 11.8 Å². The van der Waals surface area contributed by atoms with Crippen LogP contribution in [-0.2, 0) is 9.59 Å². The van der Waals surface area contributed by atoms with Gasteiger partial charge in [0.05, 0.1) is 0 Å². The number of carbonyl (C=O) groups is 2. The average molecular weight is 384 g/mol. The topological polar surface area (TPSA) is 98.2 Å². The molecular formula is C22H45N3O2. The van der Waals surface area contributed by atoms with E-state index < -0.39 is 11.4 Å². The molecule has 5 heteroatoms. The number of hydrogen-bond donors (Lipinski definition) is 3. The Bertz CT molecular complexity index is 388. The Morgan fingerprint density at radius 3 is 1.67 bits per heavy atom. The van der Waals surface area contributed by atoms with Gasteiger partial charge in [-0.05, 0) is 25.8 Å². The maximum atomic E-state index is 12.0. The summed E-state index contributed by atoms with van der Waals surface area (Å²) < 4.78 is 0. The molecule has 0 aromatic carbocycles. The van der Waals surface area contributed by atoms with E-state index in [4.69, 9.17) is 11.5 Å². The molecule has 2 amide bonds. The molecule has 0 rings (SSSR count). The molecule has 0 saturated carbocycles. The number of nitrogens with two attached hydrogens (primary N) is 2. The third-order valence-electron chi connectivity index (χ3n) is 5.52. The summed E-state index contributed by atoms with van der Waals surface area (Å²) in [6.45, 7) is 4.64. The van der Waals surface area contributed by atoms with Gasteiger partial charge in [0.2, 0.25) is 11.8 Å². The molecule has 5 N–H and O–H groups in total. The van der Waals surface area contributed by atoms with E-state index in [1.54, 1.807) is 0 Å². The van der Waals surface area contributed by atoms with Crippen LogP contribution in [0.1, 0.15) is 117 Å². The Labute approximate surface area is 167 Å². The van der Waals surface area contributed by atoms with Gasteiger partial charge in [0, 0.05) is 6.42 Å². The van der Waals surface area contributed by atoms with Crippen molar-refractivity contribution in [2.24, 2.45) is 11.5 Å². The molecule has 0 aromatic heterocycles. The Morgan fingerprint density at radius 1 is 0.778 bits per heavy atom. The fourth-order valence-electron chi connectivity index (χ4n) is 3.55. The van der Waals surface area contributed by atoms with Crippen LogP contribution in [0, 0.1) is 0 Å². The number of carbonyl (C=O) groups excluding carboxylic acids is 2. The first-order valence-electron chi connectivity index (χ1n) is 11.3. The fraction of sp³-hybridized carbons (Fsp3) is 0.909. The average Bonchev–Trinajstić information content (AvgIpc) is 2.66. The molecule has 0 aliphatic carbocycles. The second-order valence-electron chi connectivity index (χ2n) is 7.88. The van der Waals surface area contributed by atoms with Crippen molar-refractivity contribution in [3.8, 4) is 0 Å². The molecule has 160 valence electrons. The molecule has 5 nitrogen and oxygen atoms in total. The van der Waals surface area contributed by atoms with E-state index in [0.29, 0.717) is 32.2 Å². The van der Waals surface area contributed by atoms with Gasteiger partial charge in [-0.15, -0.1) is 0 Å². The van der Waals surface area contributed by atoms with Crippen molar-refractivity contribution in [2.75, 3.05) is 6.54 Å². The largest absolute Gasteiger partial charge is 0.368 e. The second kappa shape index (κ2) is 17.0. The van der Waals surface area contributed by atoms with Crippen LogP contribution in [0.5, 0.6) is 0 Å². The first-order valence-corrected chi connectivity index (χ1v) is 11.3. The lowest BCUT2D eigenvalue weighted by atomic mass is 9.88. The maximum Gasteiger partial charge on any atom is 0.243 e. The minimum atomic E-state index is -0.899. The number of amides is 2. The molecule has 0 heterocycles. The van der Waals surface area contributed by atoms with Crippen molar-refractivity contribution in [2.45, 2.75) is 122 Å². The number of unbranched alkanes of at least 4 members (excludes halogenated alkanes) is 11. The van der Waals surface area contributed by atoms with E-state index >= 15 is 0 Å². The van der Waals surface area contributed by atoms with Gasteiger partial charge in [-0.1, -0.05) is 90.9 Å². The molecule has 0 radical (unpaired) electrons. The predicted molar refractivity (Wildman–Crippen MR) is 114 cm³/mol. The molecule has 0 fully saturated rings. The van der Waals surface area contributed by atoms with Crippen LogP contribution in [0.4, 0.5) is 0 Å². The van der Waals surface area contributed by atoms with Crippen LogP contribution >= 0.6 is 0 Å². The zero-order chi connectivity index (χ0) is 20.4. The van der Waals surface area contributed by atoms with Crippen LogP contribution in [0.2, 0.25) is 0 Å².